The summed E-state index contributed by atoms with van der Waals surface area (Å²) >= 11 is 14.0. The van der Waals surface area contributed by atoms with Gasteiger partial charge in [-0.25, -0.2) is 9.67 Å². The molecule has 3 aliphatic rings. The molecule has 2 fully saturated rings. The molecule has 1 aromatic carbocycles. The summed E-state index contributed by atoms with van der Waals surface area (Å²) in [4.78, 5) is 36.3. The number of carbonyl (C=O) groups excluding carboxylic acids is 2. The van der Waals surface area contributed by atoms with Crippen molar-refractivity contribution in [1.29, 1.82) is 0 Å². The Kier molecular flexibility index (Phi) is 6.49. The summed E-state index contributed by atoms with van der Waals surface area (Å²) < 4.78 is 1.84. The van der Waals surface area contributed by atoms with Gasteiger partial charge < -0.3 is 9.80 Å². The Balaban J connectivity index is 1.12. The molecular weight excluding hydrogens is 519 g/mol. The molecule has 2 aromatic heterocycles. The number of nitrogens with zero attached hydrogens (tertiary/aromatic N) is 6. The van der Waals surface area contributed by atoms with Gasteiger partial charge in [0.25, 0.3) is 11.8 Å². The predicted octanol–water partition coefficient (Wildman–Crippen LogP) is 3.80. The van der Waals surface area contributed by atoms with Gasteiger partial charge in [0.1, 0.15) is 5.69 Å². The van der Waals surface area contributed by atoms with Crippen molar-refractivity contribution in [3.8, 4) is 5.69 Å². The largest absolute Gasteiger partial charge is 0.335 e. The van der Waals surface area contributed by atoms with Crippen LogP contribution in [0.15, 0.2) is 29.1 Å². The average molecular weight is 545 g/mol. The van der Waals surface area contributed by atoms with Gasteiger partial charge in [-0.3, -0.25) is 14.5 Å². The second-order valence-electron chi connectivity index (χ2n) is 9.55. The SMILES string of the molecule is O=C(c1cscn1)N1CCN(C2CN(C(=O)c3nn(-c4ccc(Cl)cc4Cl)c4c3CCCC4)C2)CC1. The number of fused-ring (bicyclic) bond motifs is 1. The summed E-state index contributed by atoms with van der Waals surface area (Å²) in [5.41, 5.74) is 5.64. The summed E-state index contributed by atoms with van der Waals surface area (Å²) in [6, 6.07) is 5.68. The molecule has 0 unspecified atom stereocenters. The monoisotopic (exact) mass is 544 g/mol. The molecule has 11 heteroatoms. The minimum absolute atomic E-state index is 0.00228. The third kappa shape index (κ3) is 4.32. The first-order valence-corrected chi connectivity index (χ1v) is 14.0. The van der Waals surface area contributed by atoms with E-state index in [0.717, 1.165) is 55.7 Å². The molecule has 0 N–H and O–H groups in total. The van der Waals surface area contributed by atoms with Crippen molar-refractivity contribution < 1.29 is 9.59 Å². The first-order valence-electron chi connectivity index (χ1n) is 12.3. The van der Waals surface area contributed by atoms with Crippen LogP contribution < -0.4 is 0 Å². The van der Waals surface area contributed by atoms with E-state index < -0.39 is 0 Å². The third-order valence-electron chi connectivity index (χ3n) is 7.44. The van der Waals surface area contributed by atoms with Crippen LogP contribution in [0.2, 0.25) is 10.0 Å². The van der Waals surface area contributed by atoms with Gasteiger partial charge in [-0.2, -0.15) is 5.10 Å². The quantitative estimate of drug-likeness (QED) is 0.499. The van der Waals surface area contributed by atoms with Crippen LogP contribution in [0.25, 0.3) is 5.69 Å². The Morgan fingerprint density at radius 1 is 0.972 bits per heavy atom. The van der Waals surface area contributed by atoms with E-state index in [4.69, 9.17) is 28.3 Å². The molecule has 188 valence electrons. The van der Waals surface area contributed by atoms with Crippen LogP contribution >= 0.6 is 34.5 Å². The second-order valence-corrected chi connectivity index (χ2v) is 11.1. The second kappa shape index (κ2) is 9.78. The van der Waals surface area contributed by atoms with Crippen LogP contribution in [-0.2, 0) is 12.8 Å². The van der Waals surface area contributed by atoms with E-state index in [2.05, 4.69) is 9.88 Å². The van der Waals surface area contributed by atoms with Crippen LogP contribution in [0.4, 0.5) is 0 Å². The lowest BCUT2D eigenvalue weighted by atomic mass is 9.94. The number of likely N-dealkylation sites (tertiary alicyclic amines) is 1. The number of hydrogen-bond acceptors (Lipinski definition) is 6. The van der Waals surface area contributed by atoms with Gasteiger partial charge in [0, 0.05) is 67.0 Å². The van der Waals surface area contributed by atoms with Gasteiger partial charge >= 0.3 is 0 Å². The number of piperazine rings is 1. The van der Waals surface area contributed by atoms with E-state index in [0.29, 0.717) is 53.7 Å². The molecule has 3 aromatic rings. The summed E-state index contributed by atoms with van der Waals surface area (Å²) in [5.74, 6) is -0.00644. The van der Waals surface area contributed by atoms with E-state index in [1.54, 1.807) is 23.0 Å². The van der Waals surface area contributed by atoms with Gasteiger partial charge in [-0.1, -0.05) is 23.2 Å². The number of amides is 2. The lowest BCUT2D eigenvalue weighted by molar-refractivity contribution is 0.00805. The van der Waals surface area contributed by atoms with Gasteiger partial charge in [0.15, 0.2) is 5.69 Å². The van der Waals surface area contributed by atoms with Crippen LogP contribution in [0, 0.1) is 0 Å². The minimum atomic E-state index is -0.00872. The van der Waals surface area contributed by atoms with Crippen molar-refractivity contribution >= 4 is 46.4 Å². The van der Waals surface area contributed by atoms with Gasteiger partial charge in [0.2, 0.25) is 0 Å². The highest BCUT2D eigenvalue weighted by molar-refractivity contribution is 7.07. The number of halogens is 2. The van der Waals surface area contributed by atoms with Gasteiger partial charge in [-0.15, -0.1) is 11.3 Å². The molecule has 1 aliphatic carbocycles. The number of hydrogen-bond donors (Lipinski definition) is 0. The smallest absolute Gasteiger partial charge is 0.274 e. The zero-order valence-electron chi connectivity index (χ0n) is 19.7. The molecule has 0 saturated carbocycles. The predicted molar refractivity (Wildman–Crippen MR) is 140 cm³/mol. The molecule has 36 heavy (non-hydrogen) atoms. The highest BCUT2D eigenvalue weighted by Gasteiger charge is 2.39. The molecule has 2 amide bonds. The van der Waals surface area contributed by atoms with Crippen LogP contribution in [0.5, 0.6) is 0 Å². The Hall–Kier alpha value is -2.46. The number of aromatic nitrogens is 3. The van der Waals surface area contributed by atoms with Crippen molar-refractivity contribution in [3.05, 3.63) is 61.8 Å². The van der Waals surface area contributed by atoms with Crippen molar-refractivity contribution in [2.75, 3.05) is 39.3 Å². The fourth-order valence-electron chi connectivity index (χ4n) is 5.40. The standard InChI is InChI=1S/C25H26Cl2N6O2S/c26-16-5-6-22(19(27)11-16)33-21-4-2-1-3-18(21)23(29-33)25(35)32-12-17(13-32)30-7-9-31(10-8-30)24(34)20-14-36-15-28-20/h5-6,11,14-15,17H,1-4,7-10,12-13H2. The van der Waals surface area contributed by atoms with E-state index >= 15 is 0 Å². The first kappa shape index (κ1) is 23.9. The Labute approximate surface area is 223 Å². The van der Waals surface area contributed by atoms with Crippen molar-refractivity contribution in [1.82, 2.24) is 29.5 Å². The number of rotatable bonds is 4. The third-order valence-corrected chi connectivity index (χ3v) is 8.56. The van der Waals surface area contributed by atoms with Gasteiger partial charge in [-0.05, 0) is 43.9 Å². The molecule has 0 bridgehead atoms. The topological polar surface area (TPSA) is 74.6 Å². The highest BCUT2D eigenvalue weighted by atomic mass is 35.5. The van der Waals surface area contributed by atoms with E-state index in [9.17, 15) is 9.59 Å². The first-order chi connectivity index (χ1) is 17.5. The molecule has 4 heterocycles. The van der Waals surface area contributed by atoms with Crippen molar-refractivity contribution in [3.63, 3.8) is 0 Å². The number of carbonyl (C=O) groups is 2. The average Bonchev–Trinajstić information content (AvgIpc) is 3.52. The molecule has 2 saturated heterocycles. The molecule has 0 atom stereocenters. The summed E-state index contributed by atoms with van der Waals surface area (Å²) in [7, 11) is 0. The van der Waals surface area contributed by atoms with Crippen molar-refractivity contribution in [2.24, 2.45) is 0 Å². The Morgan fingerprint density at radius 3 is 2.47 bits per heavy atom. The number of thiazole rings is 1. The van der Waals surface area contributed by atoms with Crippen molar-refractivity contribution in [2.45, 2.75) is 31.7 Å². The normalized spacial score (nSPS) is 18.7. The van der Waals surface area contributed by atoms with E-state index in [1.807, 2.05) is 20.5 Å². The Morgan fingerprint density at radius 2 is 1.75 bits per heavy atom. The summed E-state index contributed by atoms with van der Waals surface area (Å²) in [6.45, 7) is 4.34. The molecular formula is C25H26Cl2N6O2S. The van der Waals surface area contributed by atoms with Crippen LogP contribution in [0.3, 0.4) is 0 Å². The summed E-state index contributed by atoms with van der Waals surface area (Å²) in [6.07, 6.45) is 3.86. The van der Waals surface area contributed by atoms with Crippen LogP contribution in [0.1, 0.15) is 45.1 Å². The number of benzene rings is 1. The molecule has 2 aliphatic heterocycles. The highest BCUT2D eigenvalue weighted by Crippen LogP contribution is 2.32. The molecule has 8 nitrogen and oxygen atoms in total. The molecule has 0 radical (unpaired) electrons. The maximum absolute atomic E-state index is 13.5. The lowest BCUT2D eigenvalue weighted by Gasteiger charge is -2.47. The fraction of sp³-hybridized carbons (Fsp3) is 0.440. The lowest BCUT2D eigenvalue weighted by Crippen LogP contribution is -2.64. The minimum Gasteiger partial charge on any atom is -0.335 e. The van der Waals surface area contributed by atoms with E-state index in [1.165, 1.54) is 11.3 Å². The summed E-state index contributed by atoms with van der Waals surface area (Å²) in [5, 5.41) is 7.67. The molecule has 0 spiro atoms. The molecule has 6 rings (SSSR count). The zero-order valence-corrected chi connectivity index (χ0v) is 22.0. The van der Waals surface area contributed by atoms with Crippen LogP contribution in [-0.4, -0.2) is 86.6 Å². The zero-order chi connectivity index (χ0) is 24.8. The van der Waals surface area contributed by atoms with Gasteiger partial charge in [0.05, 0.1) is 16.2 Å². The Bertz CT molecular complexity index is 1300. The maximum atomic E-state index is 13.5. The van der Waals surface area contributed by atoms with E-state index in [-0.39, 0.29) is 11.8 Å². The maximum Gasteiger partial charge on any atom is 0.274 e. The fourth-order valence-corrected chi connectivity index (χ4v) is 6.41.